The van der Waals surface area contributed by atoms with Gasteiger partial charge in [0.2, 0.25) is 0 Å². The average Bonchev–Trinajstić information content (AvgIpc) is 2.80. The predicted octanol–water partition coefficient (Wildman–Crippen LogP) is 4.25. The van der Waals surface area contributed by atoms with Crippen LogP contribution in [0.4, 0.5) is 5.13 Å². The number of rotatable bonds is 8. The van der Waals surface area contributed by atoms with Crippen molar-refractivity contribution in [2.24, 2.45) is 5.92 Å². The van der Waals surface area contributed by atoms with E-state index in [9.17, 15) is 0 Å². The summed E-state index contributed by atoms with van der Waals surface area (Å²) in [7, 11) is 2.13. The highest BCUT2D eigenvalue weighted by atomic mass is 32.1. The molecule has 4 heteroatoms. The molecule has 3 nitrogen and oxygen atoms in total. The lowest BCUT2D eigenvalue weighted by Gasteiger charge is -2.20. The molecule has 0 fully saturated rings. The Morgan fingerprint density at radius 1 is 1.20 bits per heavy atom. The lowest BCUT2D eigenvalue weighted by Crippen LogP contribution is -2.25. The van der Waals surface area contributed by atoms with Crippen LogP contribution in [0.3, 0.4) is 0 Å². The molecule has 1 heterocycles. The standard InChI is InChI=1S/C16H31N3S/c1-8-13(6)15-14(10-17-9-11(2)3)20-16(18-15)19(7)12(4)5/h11-13,17H,8-10H2,1-7H3. The average molecular weight is 298 g/mol. The zero-order chi connectivity index (χ0) is 15.3. The van der Waals surface area contributed by atoms with Crippen molar-refractivity contribution in [1.82, 2.24) is 10.3 Å². The molecule has 1 atom stereocenters. The molecule has 0 radical (unpaired) electrons. The Kier molecular flexibility index (Phi) is 6.96. The Morgan fingerprint density at radius 2 is 1.85 bits per heavy atom. The van der Waals surface area contributed by atoms with Crippen molar-refractivity contribution in [1.29, 1.82) is 0 Å². The maximum Gasteiger partial charge on any atom is 0.185 e. The third-order valence-electron chi connectivity index (χ3n) is 3.71. The summed E-state index contributed by atoms with van der Waals surface area (Å²) in [4.78, 5) is 8.58. The van der Waals surface area contributed by atoms with Gasteiger partial charge >= 0.3 is 0 Å². The SMILES string of the molecule is CCC(C)c1nc(N(C)C(C)C)sc1CNCC(C)C. The number of nitrogens with one attached hydrogen (secondary N) is 1. The summed E-state index contributed by atoms with van der Waals surface area (Å²) < 4.78 is 0. The highest BCUT2D eigenvalue weighted by molar-refractivity contribution is 7.15. The number of aromatic nitrogens is 1. The van der Waals surface area contributed by atoms with Crippen LogP contribution in [0.25, 0.3) is 0 Å². The van der Waals surface area contributed by atoms with Crippen LogP contribution in [0.1, 0.15) is 64.5 Å². The Bertz CT molecular complexity index is 398. The summed E-state index contributed by atoms with van der Waals surface area (Å²) in [5, 5.41) is 4.70. The molecule has 0 saturated carbocycles. The van der Waals surface area contributed by atoms with Crippen LogP contribution < -0.4 is 10.2 Å². The van der Waals surface area contributed by atoms with Crippen LogP contribution in [0.5, 0.6) is 0 Å². The molecule has 1 aromatic rings. The lowest BCUT2D eigenvalue weighted by atomic mass is 10.0. The summed E-state index contributed by atoms with van der Waals surface area (Å²) in [5.74, 6) is 1.23. The van der Waals surface area contributed by atoms with Crippen molar-refractivity contribution >= 4 is 16.5 Å². The van der Waals surface area contributed by atoms with Gasteiger partial charge in [0.05, 0.1) is 5.69 Å². The highest BCUT2D eigenvalue weighted by Gasteiger charge is 2.18. The largest absolute Gasteiger partial charge is 0.349 e. The Hall–Kier alpha value is -0.610. The first-order chi connectivity index (χ1) is 9.36. The van der Waals surface area contributed by atoms with E-state index in [2.05, 4.69) is 58.8 Å². The van der Waals surface area contributed by atoms with E-state index in [-0.39, 0.29) is 0 Å². The second-order valence-electron chi connectivity index (χ2n) is 6.34. The zero-order valence-corrected chi connectivity index (χ0v) is 15.0. The van der Waals surface area contributed by atoms with E-state index in [0.29, 0.717) is 17.9 Å². The predicted molar refractivity (Wildman–Crippen MR) is 90.9 cm³/mol. The maximum atomic E-state index is 4.90. The molecule has 0 spiro atoms. The van der Waals surface area contributed by atoms with E-state index in [1.54, 1.807) is 0 Å². The first-order valence-corrected chi connectivity index (χ1v) is 8.61. The van der Waals surface area contributed by atoms with Gasteiger partial charge in [-0.2, -0.15) is 0 Å². The van der Waals surface area contributed by atoms with E-state index in [0.717, 1.165) is 24.6 Å². The monoisotopic (exact) mass is 297 g/mol. The fourth-order valence-corrected chi connectivity index (χ4v) is 3.15. The van der Waals surface area contributed by atoms with Crippen LogP contribution in [-0.4, -0.2) is 24.6 Å². The topological polar surface area (TPSA) is 28.2 Å². The first kappa shape index (κ1) is 17.4. The van der Waals surface area contributed by atoms with Crippen LogP contribution >= 0.6 is 11.3 Å². The number of thiazole rings is 1. The van der Waals surface area contributed by atoms with Crippen LogP contribution in [0.2, 0.25) is 0 Å². The molecule has 20 heavy (non-hydrogen) atoms. The van der Waals surface area contributed by atoms with Crippen LogP contribution in [0.15, 0.2) is 0 Å². The van der Waals surface area contributed by atoms with Crippen molar-refractivity contribution < 1.29 is 0 Å². The molecule has 0 amide bonds. The molecule has 0 aliphatic carbocycles. The quantitative estimate of drug-likeness (QED) is 0.777. The molecule has 0 saturated heterocycles. The Balaban J connectivity index is 2.89. The third kappa shape index (κ3) is 4.74. The van der Waals surface area contributed by atoms with Crippen molar-refractivity contribution in [2.75, 3.05) is 18.5 Å². The lowest BCUT2D eigenvalue weighted by molar-refractivity contribution is 0.551. The van der Waals surface area contributed by atoms with Gasteiger partial charge in [-0.15, -0.1) is 11.3 Å². The van der Waals surface area contributed by atoms with E-state index in [1.807, 2.05) is 11.3 Å². The van der Waals surface area contributed by atoms with Crippen molar-refractivity contribution in [3.05, 3.63) is 10.6 Å². The molecule has 1 rings (SSSR count). The number of hydrogen-bond donors (Lipinski definition) is 1. The molecular weight excluding hydrogens is 266 g/mol. The van der Waals surface area contributed by atoms with Gasteiger partial charge in [-0.3, -0.25) is 0 Å². The summed E-state index contributed by atoms with van der Waals surface area (Å²) >= 11 is 1.84. The van der Waals surface area contributed by atoms with Crippen LogP contribution in [-0.2, 0) is 6.54 Å². The molecule has 1 N–H and O–H groups in total. The molecule has 0 bridgehead atoms. The molecule has 0 aliphatic rings. The Labute approximate surface area is 128 Å². The second-order valence-corrected chi connectivity index (χ2v) is 7.41. The third-order valence-corrected chi connectivity index (χ3v) is 4.87. The van der Waals surface area contributed by atoms with Gasteiger partial charge in [0, 0.05) is 24.5 Å². The van der Waals surface area contributed by atoms with Gasteiger partial charge < -0.3 is 10.2 Å². The maximum absolute atomic E-state index is 4.90. The van der Waals surface area contributed by atoms with Gasteiger partial charge in [-0.05, 0) is 38.6 Å². The van der Waals surface area contributed by atoms with Gasteiger partial charge in [0.1, 0.15) is 0 Å². The minimum atomic E-state index is 0.488. The zero-order valence-electron chi connectivity index (χ0n) is 14.2. The van der Waals surface area contributed by atoms with E-state index in [4.69, 9.17) is 4.98 Å². The number of hydrogen-bond acceptors (Lipinski definition) is 4. The smallest absolute Gasteiger partial charge is 0.185 e. The minimum absolute atomic E-state index is 0.488. The molecule has 116 valence electrons. The number of anilines is 1. The van der Waals surface area contributed by atoms with Crippen LogP contribution in [0, 0.1) is 5.92 Å². The first-order valence-electron chi connectivity index (χ1n) is 7.79. The second kappa shape index (κ2) is 7.99. The van der Waals surface area contributed by atoms with E-state index in [1.165, 1.54) is 10.6 Å². The van der Waals surface area contributed by atoms with Gasteiger partial charge in [0.15, 0.2) is 5.13 Å². The van der Waals surface area contributed by atoms with Crippen molar-refractivity contribution in [2.45, 2.75) is 66.5 Å². The summed E-state index contributed by atoms with van der Waals surface area (Å²) in [6, 6.07) is 0.488. The minimum Gasteiger partial charge on any atom is -0.349 e. The summed E-state index contributed by atoms with van der Waals surface area (Å²) in [6.07, 6.45) is 1.14. The highest BCUT2D eigenvalue weighted by Crippen LogP contribution is 2.32. The van der Waals surface area contributed by atoms with Gasteiger partial charge in [-0.1, -0.05) is 27.7 Å². The van der Waals surface area contributed by atoms with Gasteiger partial charge in [-0.25, -0.2) is 4.98 Å². The molecule has 1 aromatic heterocycles. The normalized spacial score (nSPS) is 13.2. The molecule has 0 aliphatic heterocycles. The Morgan fingerprint density at radius 3 is 2.35 bits per heavy atom. The van der Waals surface area contributed by atoms with E-state index >= 15 is 0 Å². The molecular formula is C16H31N3S. The van der Waals surface area contributed by atoms with Crippen molar-refractivity contribution in [3.8, 4) is 0 Å². The fourth-order valence-electron chi connectivity index (χ4n) is 1.90. The van der Waals surface area contributed by atoms with Gasteiger partial charge in [0.25, 0.3) is 0 Å². The summed E-state index contributed by atoms with van der Waals surface area (Å²) in [5.41, 5.74) is 1.29. The molecule has 1 unspecified atom stereocenters. The summed E-state index contributed by atoms with van der Waals surface area (Å²) in [6.45, 7) is 15.4. The van der Waals surface area contributed by atoms with Crippen molar-refractivity contribution in [3.63, 3.8) is 0 Å². The number of nitrogens with zero attached hydrogens (tertiary/aromatic N) is 2. The molecule has 0 aromatic carbocycles. The van der Waals surface area contributed by atoms with E-state index < -0.39 is 0 Å². The fraction of sp³-hybridized carbons (Fsp3) is 0.812.